The molecule has 4 heterocycles. The number of hydrogen-bond acceptors (Lipinski definition) is 3. The van der Waals surface area contributed by atoms with Crippen molar-refractivity contribution in [2.24, 2.45) is 0 Å². The zero-order valence-electron chi connectivity index (χ0n) is 44.8. The van der Waals surface area contributed by atoms with Gasteiger partial charge in [-0.2, -0.15) is 0 Å². The topological polar surface area (TPSA) is 19.6 Å². The molecular formula is C72H56GaN5. The third-order valence-corrected chi connectivity index (χ3v) is 23.8. The summed E-state index contributed by atoms with van der Waals surface area (Å²) in [4.78, 5) is 7.78. The summed E-state index contributed by atoms with van der Waals surface area (Å²) in [6.07, 6.45) is 0. The van der Waals surface area contributed by atoms with Crippen LogP contribution < -0.4 is 27.1 Å². The van der Waals surface area contributed by atoms with Crippen molar-refractivity contribution in [3.8, 4) is 11.4 Å². The molecule has 0 amide bonds. The summed E-state index contributed by atoms with van der Waals surface area (Å²) in [5.41, 5.74) is 25.5. The zero-order chi connectivity index (χ0) is 52.5. The van der Waals surface area contributed by atoms with E-state index in [1.807, 2.05) is 0 Å². The average Bonchev–Trinajstić information content (AvgIpc) is 3.84. The van der Waals surface area contributed by atoms with Crippen LogP contribution in [0.25, 0.3) is 55.0 Å². The van der Waals surface area contributed by atoms with Crippen LogP contribution in [0.5, 0.6) is 0 Å². The number of para-hydroxylation sites is 6. The molecule has 0 unspecified atom stereocenters. The zero-order valence-corrected chi connectivity index (χ0v) is 47.2. The van der Waals surface area contributed by atoms with Gasteiger partial charge in [0.1, 0.15) is 0 Å². The Hall–Kier alpha value is -8.94. The van der Waals surface area contributed by atoms with Crippen LogP contribution in [0.2, 0.25) is 0 Å². The first kappa shape index (κ1) is 46.4. The number of nitrogens with zero attached hydrogens (tertiary/aromatic N) is 5. The molecule has 372 valence electrons. The molecule has 13 aromatic rings. The summed E-state index contributed by atoms with van der Waals surface area (Å²) in [6, 6.07) is 86.9. The number of aromatic nitrogens is 2. The van der Waals surface area contributed by atoms with Gasteiger partial charge in [-0.05, 0) is 0 Å². The maximum atomic E-state index is 2.64. The molecule has 0 N–H and O–H groups in total. The molecule has 0 aliphatic carbocycles. The molecule has 0 radical (unpaired) electrons. The number of fused-ring (bicyclic) bond motifs is 10. The fourth-order valence-electron chi connectivity index (χ4n) is 13.9. The van der Waals surface area contributed by atoms with E-state index in [2.05, 4.69) is 296 Å². The minimum absolute atomic E-state index is 1.07. The summed E-state index contributed by atoms with van der Waals surface area (Å²) in [5, 5.41) is 5.01. The number of hydrogen-bond donors (Lipinski definition) is 0. The Kier molecular flexibility index (Phi) is 10.6. The number of anilines is 9. The van der Waals surface area contributed by atoms with Gasteiger partial charge in [0, 0.05) is 0 Å². The van der Waals surface area contributed by atoms with E-state index in [1.54, 1.807) is 0 Å². The van der Waals surface area contributed by atoms with Crippen LogP contribution in [0.3, 0.4) is 0 Å². The van der Waals surface area contributed by atoms with Crippen LogP contribution >= 0.6 is 0 Å². The second kappa shape index (κ2) is 17.8. The molecule has 0 bridgehead atoms. The van der Waals surface area contributed by atoms with E-state index in [0.717, 1.165) is 28.4 Å². The van der Waals surface area contributed by atoms with Crippen molar-refractivity contribution < 1.29 is 0 Å². The molecule has 0 saturated heterocycles. The molecule has 11 aromatic carbocycles. The molecule has 15 rings (SSSR count). The number of benzene rings is 11. The van der Waals surface area contributed by atoms with Crippen LogP contribution in [-0.4, -0.2) is 25.4 Å². The van der Waals surface area contributed by atoms with E-state index in [9.17, 15) is 0 Å². The molecule has 0 fully saturated rings. The van der Waals surface area contributed by atoms with Crippen molar-refractivity contribution >= 4 is 123 Å². The normalized spacial score (nSPS) is 12.7. The Morgan fingerprint density at radius 3 is 0.987 bits per heavy atom. The monoisotopic (exact) mass is 1060 g/mol. The summed E-state index contributed by atoms with van der Waals surface area (Å²) < 4.78 is 9.31. The number of aryl methyl sites for hydroxylation is 6. The van der Waals surface area contributed by atoms with E-state index in [4.69, 9.17) is 0 Å². The predicted octanol–water partition coefficient (Wildman–Crippen LogP) is 17.3. The summed E-state index contributed by atoms with van der Waals surface area (Å²) in [6.45, 7) is 13.6. The molecule has 0 atom stereocenters. The van der Waals surface area contributed by atoms with Crippen molar-refractivity contribution in [3.05, 3.63) is 264 Å². The standard InChI is InChI=1S/C72H56N5.Ga/c1-48-41-50(3)71(51(4)42-48)74(54-21-9-7-10-22-54)61-45-60(46-62(47-61)75(55-23-11-8-12-24-55)72-52(5)43-49(2)44-53(72)6)73(56-33-37-58(38-34-56)76-67-29-17-13-25-63(67)64-26-14-18-30-68(64)76)57-35-39-59(40-36-57)77-69-31-19-15-27-65(69)66-28-16-20-32-70(66)77;/h7-21,23,25-46H,1-6H3;. The fraction of sp³-hybridized carbons (Fsp3) is 0.0833. The average molecular weight is 1060 g/mol. The van der Waals surface area contributed by atoms with Gasteiger partial charge in [0.15, 0.2) is 0 Å². The Balaban J connectivity index is 1.01. The Morgan fingerprint density at radius 1 is 0.308 bits per heavy atom. The maximum absolute atomic E-state index is 2.86. The predicted molar refractivity (Wildman–Crippen MR) is 332 cm³/mol. The molecule has 0 spiro atoms. The van der Waals surface area contributed by atoms with Crippen molar-refractivity contribution in [3.63, 3.8) is 0 Å². The van der Waals surface area contributed by atoms with Gasteiger partial charge < -0.3 is 0 Å². The molecule has 6 heteroatoms. The van der Waals surface area contributed by atoms with Crippen molar-refractivity contribution in [1.82, 2.24) is 9.13 Å². The second-order valence-corrected chi connectivity index (χ2v) is 27.4. The van der Waals surface area contributed by atoms with Gasteiger partial charge >= 0.3 is 391 Å². The minimum atomic E-state index is -2.86. The van der Waals surface area contributed by atoms with E-state index in [1.165, 1.54) is 123 Å². The second-order valence-electron chi connectivity index (χ2n) is 21.7. The van der Waals surface area contributed by atoms with E-state index < -0.39 is 16.2 Å². The molecule has 2 aromatic heterocycles. The third-order valence-electron chi connectivity index (χ3n) is 16.7. The van der Waals surface area contributed by atoms with Gasteiger partial charge in [-0.15, -0.1) is 0 Å². The SMILES string of the molecule is Cc1cc(C)c(N2c3cccc[c]3[Ga]3[c]4ccccc4N(c4c(C)cc(C)cc4C)c4cc(N(c5ccc(-n6c7ccccc7c7ccccc76)cc5)c5ccc(-n6c7ccccc7c7ccccc76)cc5)cc2[c]43)c(C)c1. The van der Waals surface area contributed by atoms with Crippen molar-refractivity contribution in [2.75, 3.05) is 14.7 Å². The number of rotatable bonds is 7. The summed E-state index contributed by atoms with van der Waals surface area (Å²) in [5.74, 6) is 0. The molecule has 5 nitrogen and oxygen atoms in total. The van der Waals surface area contributed by atoms with Crippen LogP contribution in [0.4, 0.5) is 51.2 Å². The molecule has 0 saturated carbocycles. The molecule has 2 aliphatic heterocycles. The first-order valence-corrected chi connectivity index (χ1v) is 30.9. The Morgan fingerprint density at radius 2 is 0.628 bits per heavy atom. The van der Waals surface area contributed by atoms with Gasteiger partial charge in [-0.3, -0.25) is 0 Å². The first-order valence-electron chi connectivity index (χ1n) is 27.3. The van der Waals surface area contributed by atoms with E-state index in [-0.39, 0.29) is 0 Å². The van der Waals surface area contributed by atoms with Crippen molar-refractivity contribution in [1.29, 1.82) is 0 Å². The van der Waals surface area contributed by atoms with Gasteiger partial charge in [0.05, 0.1) is 0 Å². The van der Waals surface area contributed by atoms with Crippen LogP contribution in [0, 0.1) is 41.5 Å². The molecule has 78 heavy (non-hydrogen) atoms. The first-order chi connectivity index (χ1) is 38.2. The fourth-order valence-corrected chi connectivity index (χ4v) is 21.5. The summed E-state index contributed by atoms with van der Waals surface area (Å²) >= 11 is -2.86. The van der Waals surface area contributed by atoms with Gasteiger partial charge in [0.25, 0.3) is 0 Å². The summed E-state index contributed by atoms with van der Waals surface area (Å²) in [7, 11) is 0. The molecule has 2 aliphatic rings. The van der Waals surface area contributed by atoms with E-state index in [0.29, 0.717) is 0 Å². The van der Waals surface area contributed by atoms with Crippen LogP contribution in [0.1, 0.15) is 33.4 Å². The van der Waals surface area contributed by atoms with Crippen molar-refractivity contribution in [2.45, 2.75) is 41.5 Å². The van der Waals surface area contributed by atoms with E-state index >= 15 is 0 Å². The van der Waals surface area contributed by atoms with Gasteiger partial charge in [-0.25, -0.2) is 0 Å². The Bertz CT molecular complexity index is 4160. The van der Waals surface area contributed by atoms with Gasteiger partial charge in [0.2, 0.25) is 0 Å². The van der Waals surface area contributed by atoms with Gasteiger partial charge in [-0.1, -0.05) is 72.8 Å². The third kappa shape index (κ3) is 6.96. The van der Waals surface area contributed by atoms with Crippen LogP contribution in [0.15, 0.2) is 231 Å². The van der Waals surface area contributed by atoms with Crippen LogP contribution in [-0.2, 0) is 0 Å². The Labute approximate surface area is 461 Å². The quantitative estimate of drug-likeness (QED) is 0.148. The molecular weight excluding hydrogens is 1000 g/mol.